The summed E-state index contributed by atoms with van der Waals surface area (Å²) in [6.07, 6.45) is 8.05. The van der Waals surface area contributed by atoms with Gasteiger partial charge in [0.05, 0.1) is 0 Å². The molecule has 4 heteroatoms. The molecule has 3 heterocycles. The number of nitrogens with one attached hydrogen (secondary N) is 1. The fraction of sp³-hybridized carbons (Fsp3) is 0.750. The molecule has 1 fully saturated rings. The van der Waals surface area contributed by atoms with Crippen molar-refractivity contribution in [1.82, 2.24) is 14.9 Å². The minimum Gasteiger partial charge on any atom is -0.373 e. The molecule has 0 bridgehead atoms. The fourth-order valence-corrected chi connectivity index (χ4v) is 2.88. The zero-order chi connectivity index (χ0) is 11.0. The number of hydrogen-bond donors (Lipinski definition) is 2. The first kappa shape index (κ1) is 10.3. The highest BCUT2D eigenvalue weighted by atomic mass is 16.3. The van der Waals surface area contributed by atoms with Gasteiger partial charge in [-0.1, -0.05) is 0 Å². The second-order valence-corrected chi connectivity index (χ2v) is 4.91. The fourth-order valence-electron chi connectivity index (χ4n) is 2.88. The molecular formula is C12H19N3O. The number of nitrogens with zero attached hydrogens (tertiary/aromatic N) is 2. The second kappa shape index (κ2) is 4.18. The van der Waals surface area contributed by atoms with Crippen LogP contribution in [0.5, 0.6) is 0 Å². The topological polar surface area (TPSA) is 50.1 Å². The summed E-state index contributed by atoms with van der Waals surface area (Å²) in [5.74, 6) is 1.06. The third-order valence-electron chi connectivity index (χ3n) is 3.73. The summed E-state index contributed by atoms with van der Waals surface area (Å²) in [7, 11) is 0. The van der Waals surface area contributed by atoms with Gasteiger partial charge >= 0.3 is 0 Å². The number of aliphatic hydroxyl groups excluding tert-OH is 1. The van der Waals surface area contributed by atoms with Gasteiger partial charge in [0.2, 0.25) is 0 Å². The molecule has 16 heavy (non-hydrogen) atoms. The van der Waals surface area contributed by atoms with Crippen molar-refractivity contribution in [2.75, 3.05) is 6.54 Å². The van der Waals surface area contributed by atoms with Crippen molar-refractivity contribution in [3.63, 3.8) is 0 Å². The second-order valence-electron chi connectivity index (χ2n) is 4.91. The van der Waals surface area contributed by atoms with Gasteiger partial charge in [0, 0.05) is 24.4 Å². The molecule has 88 valence electrons. The predicted octanol–water partition coefficient (Wildman–Crippen LogP) is 1.00. The molecule has 2 N–H and O–H groups in total. The lowest BCUT2D eigenvalue weighted by atomic mass is 10.1. The van der Waals surface area contributed by atoms with Gasteiger partial charge in [-0.2, -0.15) is 0 Å². The summed E-state index contributed by atoms with van der Waals surface area (Å²) >= 11 is 0. The SMILES string of the molecule is OC1CCCc2cnc(CC3CCCN3)n21. The van der Waals surface area contributed by atoms with Crippen LogP contribution in [0.2, 0.25) is 0 Å². The summed E-state index contributed by atoms with van der Waals surface area (Å²) < 4.78 is 2.05. The average Bonchev–Trinajstić information content (AvgIpc) is 2.90. The van der Waals surface area contributed by atoms with Crippen LogP contribution in [0.3, 0.4) is 0 Å². The first-order valence-corrected chi connectivity index (χ1v) is 6.31. The van der Waals surface area contributed by atoms with Gasteiger partial charge in [-0.25, -0.2) is 4.98 Å². The molecule has 1 aromatic rings. The van der Waals surface area contributed by atoms with Gasteiger partial charge in [-0.3, -0.25) is 0 Å². The highest BCUT2D eigenvalue weighted by Crippen LogP contribution is 2.25. The van der Waals surface area contributed by atoms with Gasteiger partial charge in [0.25, 0.3) is 0 Å². The Morgan fingerprint density at radius 1 is 1.44 bits per heavy atom. The van der Waals surface area contributed by atoms with E-state index in [1.54, 1.807) is 0 Å². The van der Waals surface area contributed by atoms with E-state index in [9.17, 15) is 5.11 Å². The molecule has 0 radical (unpaired) electrons. The van der Waals surface area contributed by atoms with Crippen LogP contribution in [0.4, 0.5) is 0 Å². The first-order valence-electron chi connectivity index (χ1n) is 6.31. The minimum absolute atomic E-state index is 0.345. The van der Waals surface area contributed by atoms with Crippen molar-refractivity contribution < 1.29 is 5.11 Å². The lowest BCUT2D eigenvalue weighted by molar-refractivity contribution is 0.0755. The van der Waals surface area contributed by atoms with Gasteiger partial charge in [-0.05, 0) is 38.6 Å². The highest BCUT2D eigenvalue weighted by Gasteiger charge is 2.23. The molecule has 2 atom stereocenters. The zero-order valence-corrected chi connectivity index (χ0v) is 9.52. The largest absolute Gasteiger partial charge is 0.373 e. The Hall–Kier alpha value is -0.870. The van der Waals surface area contributed by atoms with Gasteiger partial charge in [0.1, 0.15) is 12.1 Å². The molecular weight excluding hydrogens is 202 g/mol. The molecule has 2 unspecified atom stereocenters. The summed E-state index contributed by atoms with van der Waals surface area (Å²) in [6, 6.07) is 0.556. The minimum atomic E-state index is -0.345. The Labute approximate surface area is 95.7 Å². The molecule has 0 amide bonds. The number of aryl methyl sites for hydroxylation is 1. The van der Waals surface area contributed by atoms with E-state index in [2.05, 4.69) is 10.3 Å². The number of rotatable bonds is 2. The van der Waals surface area contributed by atoms with E-state index < -0.39 is 0 Å². The zero-order valence-electron chi connectivity index (χ0n) is 9.52. The molecule has 4 nitrogen and oxygen atoms in total. The summed E-state index contributed by atoms with van der Waals surface area (Å²) in [4.78, 5) is 4.47. The predicted molar refractivity (Wildman–Crippen MR) is 61.1 cm³/mol. The van der Waals surface area contributed by atoms with E-state index >= 15 is 0 Å². The van der Waals surface area contributed by atoms with Crippen molar-refractivity contribution in [3.05, 3.63) is 17.7 Å². The normalized spacial score (nSPS) is 29.3. The van der Waals surface area contributed by atoms with E-state index in [0.29, 0.717) is 6.04 Å². The Morgan fingerprint density at radius 3 is 3.19 bits per heavy atom. The van der Waals surface area contributed by atoms with Crippen LogP contribution in [0.25, 0.3) is 0 Å². The quantitative estimate of drug-likeness (QED) is 0.783. The summed E-state index contributed by atoms with van der Waals surface area (Å²) in [5.41, 5.74) is 1.20. The third kappa shape index (κ3) is 1.76. The lowest BCUT2D eigenvalue weighted by Crippen LogP contribution is -2.27. The maximum Gasteiger partial charge on any atom is 0.132 e. The Morgan fingerprint density at radius 2 is 2.38 bits per heavy atom. The van der Waals surface area contributed by atoms with Crippen LogP contribution in [-0.4, -0.2) is 27.2 Å². The van der Waals surface area contributed by atoms with Crippen LogP contribution in [0.1, 0.15) is 43.4 Å². The number of imidazole rings is 1. The Balaban J connectivity index is 1.81. The molecule has 0 aliphatic carbocycles. The van der Waals surface area contributed by atoms with E-state index in [1.165, 1.54) is 18.5 Å². The number of hydrogen-bond acceptors (Lipinski definition) is 3. The summed E-state index contributed by atoms with van der Waals surface area (Å²) in [5, 5.41) is 13.5. The number of aromatic nitrogens is 2. The molecule has 2 aliphatic heterocycles. The van der Waals surface area contributed by atoms with Crippen molar-refractivity contribution >= 4 is 0 Å². The summed E-state index contributed by atoms with van der Waals surface area (Å²) in [6.45, 7) is 1.13. The van der Waals surface area contributed by atoms with E-state index in [-0.39, 0.29) is 6.23 Å². The highest BCUT2D eigenvalue weighted by molar-refractivity contribution is 5.10. The maximum absolute atomic E-state index is 10.0. The molecule has 2 aliphatic rings. The lowest BCUT2D eigenvalue weighted by Gasteiger charge is -2.23. The van der Waals surface area contributed by atoms with Crippen molar-refractivity contribution in [1.29, 1.82) is 0 Å². The molecule has 3 rings (SSSR count). The first-order chi connectivity index (χ1) is 7.84. The van der Waals surface area contributed by atoms with Crippen LogP contribution in [0, 0.1) is 0 Å². The van der Waals surface area contributed by atoms with E-state index in [4.69, 9.17) is 0 Å². The molecule has 1 aromatic heterocycles. The van der Waals surface area contributed by atoms with Crippen molar-refractivity contribution in [3.8, 4) is 0 Å². The van der Waals surface area contributed by atoms with E-state index in [1.807, 2.05) is 10.8 Å². The maximum atomic E-state index is 10.0. The number of aliphatic hydroxyl groups is 1. The molecule has 0 aromatic carbocycles. The van der Waals surface area contributed by atoms with Gasteiger partial charge in [0.15, 0.2) is 0 Å². The standard InChI is InChI=1S/C12H19N3O/c16-12-5-1-4-10-8-14-11(15(10)12)7-9-3-2-6-13-9/h8-9,12-13,16H,1-7H2. The van der Waals surface area contributed by atoms with Gasteiger partial charge in [-0.15, -0.1) is 0 Å². The third-order valence-corrected chi connectivity index (χ3v) is 3.73. The van der Waals surface area contributed by atoms with Crippen LogP contribution >= 0.6 is 0 Å². The van der Waals surface area contributed by atoms with E-state index in [0.717, 1.165) is 38.1 Å². The molecule has 1 saturated heterocycles. The average molecular weight is 221 g/mol. The van der Waals surface area contributed by atoms with Crippen LogP contribution < -0.4 is 5.32 Å². The smallest absolute Gasteiger partial charge is 0.132 e. The van der Waals surface area contributed by atoms with Gasteiger partial charge < -0.3 is 15.0 Å². The van der Waals surface area contributed by atoms with Crippen molar-refractivity contribution in [2.24, 2.45) is 0 Å². The van der Waals surface area contributed by atoms with Crippen molar-refractivity contribution in [2.45, 2.75) is 50.8 Å². The van der Waals surface area contributed by atoms with Crippen LogP contribution in [-0.2, 0) is 12.8 Å². The Kier molecular flexibility index (Phi) is 2.69. The Bertz CT molecular complexity index is 368. The monoisotopic (exact) mass is 221 g/mol. The van der Waals surface area contributed by atoms with Crippen LogP contribution in [0.15, 0.2) is 6.20 Å². The molecule has 0 spiro atoms. The molecule has 0 saturated carbocycles. The number of fused-ring (bicyclic) bond motifs is 1.